The van der Waals surface area contributed by atoms with E-state index in [4.69, 9.17) is 4.74 Å². The van der Waals surface area contributed by atoms with Gasteiger partial charge < -0.3 is 10.1 Å². The highest BCUT2D eigenvalue weighted by Crippen LogP contribution is 1.95. The summed E-state index contributed by atoms with van der Waals surface area (Å²) in [5.41, 5.74) is 0.921. The molecular weight excluding hydrogens is 290 g/mol. The first-order valence-corrected chi connectivity index (χ1v) is 7.99. The highest BCUT2D eigenvalue weighted by atomic mass is 16.5. The number of carbonyl (C=O) groups is 2. The van der Waals surface area contributed by atoms with Crippen LogP contribution in [0.3, 0.4) is 0 Å². The van der Waals surface area contributed by atoms with E-state index in [0.29, 0.717) is 12.5 Å². The second-order valence-corrected chi connectivity index (χ2v) is 5.83. The summed E-state index contributed by atoms with van der Waals surface area (Å²) in [6.07, 6.45) is 14.1. The minimum Gasteiger partial charge on any atom is -0.458 e. The number of allylic oxidation sites excluding steroid dienone is 5. The van der Waals surface area contributed by atoms with E-state index < -0.39 is 0 Å². The summed E-state index contributed by atoms with van der Waals surface area (Å²) in [6, 6.07) is 0. The molecule has 4 nitrogen and oxygen atoms in total. The SMILES string of the molecule is CC(C)=CC(=O)OC/C=C/C=CCCC=CC(=O)NCC(C)C. The van der Waals surface area contributed by atoms with E-state index in [-0.39, 0.29) is 18.5 Å². The number of hydrogen-bond donors (Lipinski definition) is 1. The van der Waals surface area contributed by atoms with Crippen LogP contribution in [-0.2, 0) is 14.3 Å². The minimum atomic E-state index is -0.320. The van der Waals surface area contributed by atoms with Crippen molar-refractivity contribution in [3.63, 3.8) is 0 Å². The van der Waals surface area contributed by atoms with E-state index in [2.05, 4.69) is 19.2 Å². The predicted molar refractivity (Wildman–Crippen MR) is 94.9 cm³/mol. The maximum Gasteiger partial charge on any atom is 0.330 e. The first-order chi connectivity index (χ1) is 10.9. The summed E-state index contributed by atoms with van der Waals surface area (Å²) in [4.78, 5) is 22.6. The fourth-order valence-electron chi connectivity index (χ4n) is 1.46. The van der Waals surface area contributed by atoms with Crippen LogP contribution >= 0.6 is 0 Å². The lowest BCUT2D eigenvalue weighted by atomic mass is 10.2. The largest absolute Gasteiger partial charge is 0.458 e. The molecule has 0 fully saturated rings. The predicted octanol–water partition coefficient (Wildman–Crippen LogP) is 3.72. The molecule has 1 N–H and O–H groups in total. The van der Waals surface area contributed by atoms with E-state index in [9.17, 15) is 9.59 Å². The molecule has 0 atom stereocenters. The lowest BCUT2D eigenvalue weighted by molar-refractivity contribution is -0.136. The van der Waals surface area contributed by atoms with Crippen molar-refractivity contribution in [1.29, 1.82) is 0 Å². The van der Waals surface area contributed by atoms with Gasteiger partial charge >= 0.3 is 5.97 Å². The molecule has 128 valence electrons. The Hall–Kier alpha value is -2.10. The van der Waals surface area contributed by atoms with Crippen LogP contribution in [-0.4, -0.2) is 25.0 Å². The first-order valence-electron chi connectivity index (χ1n) is 7.99. The number of carbonyl (C=O) groups excluding carboxylic acids is 2. The number of hydrogen-bond acceptors (Lipinski definition) is 3. The van der Waals surface area contributed by atoms with E-state index in [1.807, 2.05) is 38.2 Å². The van der Waals surface area contributed by atoms with Gasteiger partial charge in [0.25, 0.3) is 0 Å². The summed E-state index contributed by atoms with van der Waals surface area (Å²) in [7, 11) is 0. The first kappa shape index (κ1) is 20.9. The summed E-state index contributed by atoms with van der Waals surface area (Å²) in [5, 5.41) is 2.83. The van der Waals surface area contributed by atoms with Crippen molar-refractivity contribution >= 4 is 11.9 Å². The molecule has 0 aliphatic heterocycles. The molecule has 1 amide bonds. The summed E-state index contributed by atoms with van der Waals surface area (Å²) in [5.74, 6) is 0.101. The maximum absolute atomic E-state index is 11.4. The lowest BCUT2D eigenvalue weighted by Gasteiger charge is -2.03. The van der Waals surface area contributed by atoms with Crippen molar-refractivity contribution in [2.24, 2.45) is 5.92 Å². The molecule has 0 unspecified atom stereocenters. The molecule has 0 aromatic carbocycles. The Bertz CT molecular complexity index is 467. The van der Waals surface area contributed by atoms with Crippen LogP contribution in [0.5, 0.6) is 0 Å². The van der Waals surface area contributed by atoms with E-state index in [1.165, 1.54) is 6.08 Å². The number of unbranched alkanes of at least 4 members (excludes halogenated alkanes) is 1. The van der Waals surface area contributed by atoms with Gasteiger partial charge in [0.05, 0.1) is 0 Å². The molecule has 0 aliphatic carbocycles. The zero-order chi connectivity index (χ0) is 17.5. The van der Waals surface area contributed by atoms with Crippen LogP contribution < -0.4 is 5.32 Å². The molecule has 0 aromatic rings. The van der Waals surface area contributed by atoms with E-state index in [1.54, 1.807) is 12.2 Å². The molecule has 0 aliphatic rings. The van der Waals surface area contributed by atoms with Gasteiger partial charge in [0.15, 0.2) is 0 Å². The van der Waals surface area contributed by atoms with Gasteiger partial charge in [-0.05, 0) is 44.8 Å². The van der Waals surface area contributed by atoms with Crippen molar-refractivity contribution in [2.75, 3.05) is 13.2 Å². The summed E-state index contributed by atoms with van der Waals surface area (Å²) in [6.45, 7) is 8.79. The van der Waals surface area contributed by atoms with Crippen molar-refractivity contribution < 1.29 is 14.3 Å². The second kappa shape index (κ2) is 13.6. The average Bonchev–Trinajstić information content (AvgIpc) is 2.46. The second-order valence-electron chi connectivity index (χ2n) is 5.83. The third kappa shape index (κ3) is 16.1. The van der Waals surface area contributed by atoms with Gasteiger partial charge in [-0.1, -0.05) is 43.7 Å². The zero-order valence-electron chi connectivity index (χ0n) is 14.7. The molecule has 4 heteroatoms. The topological polar surface area (TPSA) is 55.4 Å². The Balaban J connectivity index is 3.71. The third-order valence-electron chi connectivity index (χ3n) is 2.57. The van der Waals surface area contributed by atoms with Gasteiger partial charge in [0.1, 0.15) is 6.61 Å². The van der Waals surface area contributed by atoms with Crippen molar-refractivity contribution in [3.8, 4) is 0 Å². The highest BCUT2D eigenvalue weighted by Gasteiger charge is 1.96. The Morgan fingerprint density at radius 3 is 2.35 bits per heavy atom. The number of amides is 1. The van der Waals surface area contributed by atoms with Crippen molar-refractivity contribution in [3.05, 3.63) is 48.1 Å². The van der Waals surface area contributed by atoms with Crippen LogP contribution in [0.25, 0.3) is 0 Å². The Morgan fingerprint density at radius 1 is 1.04 bits per heavy atom. The van der Waals surface area contributed by atoms with Gasteiger partial charge in [-0.25, -0.2) is 4.79 Å². The Labute approximate surface area is 140 Å². The van der Waals surface area contributed by atoms with Gasteiger partial charge in [-0.2, -0.15) is 0 Å². The standard InChI is InChI=1S/C19H29NO3/c1-16(2)14-19(22)23-13-11-9-7-5-6-8-10-12-18(21)20-15-17(3)4/h5,7,9-12,14,17H,6,8,13,15H2,1-4H3,(H,20,21)/b7-5?,11-9+,12-10?. The lowest BCUT2D eigenvalue weighted by Crippen LogP contribution is -2.25. The zero-order valence-corrected chi connectivity index (χ0v) is 14.7. The highest BCUT2D eigenvalue weighted by molar-refractivity contribution is 5.87. The third-order valence-corrected chi connectivity index (χ3v) is 2.57. The summed E-state index contributed by atoms with van der Waals surface area (Å²) < 4.78 is 4.97. The molecule has 0 aromatic heterocycles. The van der Waals surface area contributed by atoms with Crippen LogP contribution in [0.1, 0.15) is 40.5 Å². The fourth-order valence-corrected chi connectivity index (χ4v) is 1.46. The molecule has 0 rings (SSSR count). The average molecular weight is 319 g/mol. The maximum atomic E-state index is 11.4. The molecule has 0 saturated heterocycles. The Morgan fingerprint density at radius 2 is 1.70 bits per heavy atom. The number of nitrogens with one attached hydrogen (secondary N) is 1. The van der Waals surface area contributed by atoms with Crippen LogP contribution in [0, 0.1) is 5.92 Å². The van der Waals surface area contributed by atoms with E-state index in [0.717, 1.165) is 18.4 Å². The number of ether oxygens (including phenoxy) is 1. The quantitative estimate of drug-likeness (QED) is 0.289. The molecule has 0 radical (unpaired) electrons. The van der Waals surface area contributed by atoms with Crippen molar-refractivity contribution in [1.82, 2.24) is 5.32 Å². The van der Waals surface area contributed by atoms with Crippen LogP contribution in [0.15, 0.2) is 48.1 Å². The molecule has 0 spiro atoms. The monoisotopic (exact) mass is 319 g/mol. The normalized spacial score (nSPS) is 11.5. The van der Waals surface area contributed by atoms with Gasteiger partial charge in [-0.15, -0.1) is 0 Å². The fraction of sp³-hybridized carbons (Fsp3) is 0.474. The van der Waals surface area contributed by atoms with Crippen LogP contribution in [0.4, 0.5) is 0 Å². The minimum absolute atomic E-state index is 0.0410. The smallest absolute Gasteiger partial charge is 0.330 e. The molecular formula is C19H29NO3. The van der Waals surface area contributed by atoms with Crippen molar-refractivity contribution in [2.45, 2.75) is 40.5 Å². The van der Waals surface area contributed by atoms with Gasteiger partial charge in [0.2, 0.25) is 5.91 Å². The number of esters is 1. The Kier molecular flexibility index (Phi) is 12.3. The molecule has 0 saturated carbocycles. The number of rotatable bonds is 10. The molecule has 23 heavy (non-hydrogen) atoms. The van der Waals surface area contributed by atoms with Crippen LogP contribution in [0.2, 0.25) is 0 Å². The van der Waals surface area contributed by atoms with E-state index >= 15 is 0 Å². The molecule has 0 heterocycles. The van der Waals surface area contributed by atoms with Gasteiger partial charge in [-0.3, -0.25) is 4.79 Å². The van der Waals surface area contributed by atoms with Gasteiger partial charge in [0, 0.05) is 12.6 Å². The summed E-state index contributed by atoms with van der Waals surface area (Å²) >= 11 is 0. The molecule has 0 bridgehead atoms.